The SMILES string of the molecule is COC(=O)C(CN1C(=O)C2CC2C1=O)NC(C)=O. The molecular weight excluding hydrogens is 240 g/mol. The van der Waals surface area contributed by atoms with Crippen LogP contribution >= 0.6 is 0 Å². The molecule has 7 heteroatoms. The number of hydrogen-bond acceptors (Lipinski definition) is 5. The largest absolute Gasteiger partial charge is 0.467 e. The molecule has 1 saturated heterocycles. The van der Waals surface area contributed by atoms with Crippen molar-refractivity contribution in [3.8, 4) is 0 Å². The topological polar surface area (TPSA) is 92.8 Å². The van der Waals surface area contributed by atoms with Gasteiger partial charge in [0.15, 0.2) is 0 Å². The molecule has 1 aliphatic heterocycles. The second-order valence-electron chi connectivity index (χ2n) is 4.51. The summed E-state index contributed by atoms with van der Waals surface area (Å²) in [5.74, 6) is -2.05. The molecule has 18 heavy (non-hydrogen) atoms. The molecule has 1 aliphatic carbocycles. The van der Waals surface area contributed by atoms with Gasteiger partial charge < -0.3 is 10.1 Å². The molecular formula is C11H14N2O5. The lowest BCUT2D eigenvalue weighted by molar-refractivity contribution is -0.148. The van der Waals surface area contributed by atoms with Crippen LogP contribution in [0.3, 0.4) is 0 Å². The Morgan fingerprint density at radius 1 is 1.39 bits per heavy atom. The van der Waals surface area contributed by atoms with Gasteiger partial charge in [0, 0.05) is 6.92 Å². The Hall–Kier alpha value is -1.92. The third-order valence-corrected chi connectivity index (χ3v) is 3.19. The molecule has 0 aromatic rings. The molecule has 1 saturated carbocycles. The van der Waals surface area contributed by atoms with Crippen LogP contribution in [0.15, 0.2) is 0 Å². The highest BCUT2D eigenvalue weighted by Gasteiger charge is 2.59. The number of imide groups is 1. The zero-order chi connectivity index (χ0) is 13.4. The molecule has 0 aromatic carbocycles. The van der Waals surface area contributed by atoms with E-state index < -0.39 is 17.9 Å². The lowest BCUT2D eigenvalue weighted by Gasteiger charge is -2.22. The van der Waals surface area contributed by atoms with Crippen molar-refractivity contribution in [1.82, 2.24) is 10.2 Å². The summed E-state index contributed by atoms with van der Waals surface area (Å²) in [7, 11) is 1.18. The Labute approximate surface area is 103 Å². The van der Waals surface area contributed by atoms with E-state index >= 15 is 0 Å². The lowest BCUT2D eigenvalue weighted by Crippen LogP contribution is -2.50. The Kier molecular flexibility index (Phi) is 3.06. The van der Waals surface area contributed by atoms with E-state index in [-0.39, 0.29) is 30.2 Å². The Morgan fingerprint density at radius 3 is 2.39 bits per heavy atom. The van der Waals surface area contributed by atoms with Crippen molar-refractivity contribution in [2.24, 2.45) is 11.8 Å². The number of ether oxygens (including phenoxy) is 1. The molecule has 0 bridgehead atoms. The molecule has 3 atom stereocenters. The number of nitrogens with zero attached hydrogens (tertiary/aromatic N) is 1. The number of nitrogens with one attached hydrogen (secondary N) is 1. The van der Waals surface area contributed by atoms with Crippen LogP contribution in [0.5, 0.6) is 0 Å². The van der Waals surface area contributed by atoms with Gasteiger partial charge in [-0.1, -0.05) is 0 Å². The molecule has 0 spiro atoms. The number of carbonyl (C=O) groups excluding carboxylic acids is 4. The summed E-state index contributed by atoms with van der Waals surface area (Å²) < 4.78 is 4.53. The fourth-order valence-corrected chi connectivity index (χ4v) is 2.18. The second-order valence-corrected chi connectivity index (χ2v) is 4.51. The summed E-state index contributed by atoms with van der Waals surface area (Å²) >= 11 is 0. The molecule has 3 unspecified atom stereocenters. The molecule has 1 N–H and O–H groups in total. The van der Waals surface area contributed by atoms with Crippen molar-refractivity contribution in [2.75, 3.05) is 13.7 Å². The normalized spacial score (nSPS) is 26.7. The predicted octanol–water partition coefficient (Wildman–Crippen LogP) is -1.33. The van der Waals surface area contributed by atoms with Gasteiger partial charge in [-0.3, -0.25) is 19.3 Å². The van der Waals surface area contributed by atoms with Gasteiger partial charge in [-0.2, -0.15) is 0 Å². The van der Waals surface area contributed by atoms with Gasteiger partial charge in [0.05, 0.1) is 25.5 Å². The van der Waals surface area contributed by atoms with Gasteiger partial charge in [0.25, 0.3) is 0 Å². The molecule has 0 radical (unpaired) electrons. The number of esters is 1. The van der Waals surface area contributed by atoms with Crippen LogP contribution in [0.25, 0.3) is 0 Å². The fourth-order valence-electron chi connectivity index (χ4n) is 2.18. The summed E-state index contributed by atoms with van der Waals surface area (Å²) in [6.07, 6.45) is 0.608. The van der Waals surface area contributed by atoms with E-state index in [2.05, 4.69) is 10.1 Å². The molecule has 2 rings (SSSR count). The second kappa shape index (κ2) is 4.40. The van der Waals surface area contributed by atoms with E-state index in [0.29, 0.717) is 6.42 Å². The first-order valence-electron chi connectivity index (χ1n) is 5.66. The van der Waals surface area contributed by atoms with Gasteiger partial charge in [-0.05, 0) is 6.42 Å². The summed E-state index contributed by atoms with van der Waals surface area (Å²) in [4.78, 5) is 46.9. The van der Waals surface area contributed by atoms with Crippen molar-refractivity contribution in [3.05, 3.63) is 0 Å². The Balaban J connectivity index is 2.04. The molecule has 1 heterocycles. The van der Waals surface area contributed by atoms with E-state index in [4.69, 9.17) is 0 Å². The predicted molar refractivity (Wildman–Crippen MR) is 57.9 cm³/mol. The van der Waals surface area contributed by atoms with Crippen molar-refractivity contribution >= 4 is 23.7 Å². The number of likely N-dealkylation sites (tertiary alicyclic amines) is 1. The highest BCUT2D eigenvalue weighted by atomic mass is 16.5. The Bertz CT molecular complexity index is 413. The summed E-state index contributed by atoms with van der Waals surface area (Å²) in [6.45, 7) is 1.10. The van der Waals surface area contributed by atoms with E-state index in [1.165, 1.54) is 14.0 Å². The third kappa shape index (κ3) is 2.07. The van der Waals surface area contributed by atoms with Crippen LogP contribution in [-0.2, 0) is 23.9 Å². The molecule has 0 aromatic heterocycles. The minimum absolute atomic E-state index is 0.156. The standard InChI is InChI=1S/C11H14N2O5/c1-5(14)12-8(11(17)18-2)4-13-9(15)6-3-7(6)10(13)16/h6-8H,3-4H2,1-2H3,(H,12,14). The average Bonchev–Trinajstić information content (AvgIpc) is 3.07. The number of hydrogen-bond donors (Lipinski definition) is 1. The number of piperidine rings is 1. The maximum absolute atomic E-state index is 11.7. The van der Waals surface area contributed by atoms with Crippen molar-refractivity contribution < 1.29 is 23.9 Å². The van der Waals surface area contributed by atoms with Crippen molar-refractivity contribution in [1.29, 1.82) is 0 Å². The number of amides is 3. The van der Waals surface area contributed by atoms with Crippen LogP contribution in [0.4, 0.5) is 0 Å². The molecule has 2 fully saturated rings. The maximum Gasteiger partial charge on any atom is 0.330 e. The monoisotopic (exact) mass is 254 g/mol. The van der Waals surface area contributed by atoms with E-state index in [1.807, 2.05) is 0 Å². The maximum atomic E-state index is 11.7. The number of methoxy groups -OCH3 is 1. The molecule has 98 valence electrons. The smallest absolute Gasteiger partial charge is 0.330 e. The van der Waals surface area contributed by atoms with E-state index in [1.54, 1.807) is 0 Å². The van der Waals surface area contributed by atoms with Gasteiger partial charge in [-0.25, -0.2) is 4.79 Å². The minimum Gasteiger partial charge on any atom is -0.467 e. The van der Waals surface area contributed by atoms with Crippen molar-refractivity contribution in [3.63, 3.8) is 0 Å². The number of rotatable bonds is 4. The van der Waals surface area contributed by atoms with Gasteiger partial charge in [0.2, 0.25) is 17.7 Å². The highest BCUT2D eigenvalue weighted by Crippen LogP contribution is 2.46. The lowest BCUT2D eigenvalue weighted by atomic mass is 10.2. The van der Waals surface area contributed by atoms with Crippen LogP contribution in [0.2, 0.25) is 0 Å². The third-order valence-electron chi connectivity index (χ3n) is 3.19. The molecule has 3 amide bonds. The van der Waals surface area contributed by atoms with Crippen LogP contribution in [0, 0.1) is 11.8 Å². The van der Waals surface area contributed by atoms with Crippen LogP contribution < -0.4 is 5.32 Å². The van der Waals surface area contributed by atoms with Crippen LogP contribution in [-0.4, -0.2) is 48.3 Å². The molecule has 2 aliphatic rings. The molecule has 7 nitrogen and oxygen atoms in total. The highest BCUT2D eigenvalue weighted by molar-refractivity contribution is 6.09. The van der Waals surface area contributed by atoms with Gasteiger partial charge in [0.1, 0.15) is 6.04 Å². The number of carbonyl (C=O) groups is 4. The quantitative estimate of drug-likeness (QED) is 0.495. The summed E-state index contributed by atoms with van der Waals surface area (Å²) in [5, 5.41) is 2.37. The first kappa shape index (κ1) is 12.5. The first-order valence-corrected chi connectivity index (χ1v) is 5.66. The first-order chi connectivity index (χ1) is 8.45. The zero-order valence-corrected chi connectivity index (χ0v) is 10.1. The van der Waals surface area contributed by atoms with Crippen molar-refractivity contribution in [2.45, 2.75) is 19.4 Å². The number of fused-ring (bicyclic) bond motifs is 1. The summed E-state index contributed by atoms with van der Waals surface area (Å²) in [6, 6.07) is -1.00. The minimum atomic E-state index is -1.00. The fraction of sp³-hybridized carbons (Fsp3) is 0.636. The van der Waals surface area contributed by atoms with E-state index in [0.717, 1.165) is 4.90 Å². The van der Waals surface area contributed by atoms with E-state index in [9.17, 15) is 19.2 Å². The Morgan fingerprint density at radius 2 is 1.94 bits per heavy atom. The van der Waals surface area contributed by atoms with Gasteiger partial charge >= 0.3 is 5.97 Å². The average molecular weight is 254 g/mol. The van der Waals surface area contributed by atoms with Crippen LogP contribution in [0.1, 0.15) is 13.3 Å². The summed E-state index contributed by atoms with van der Waals surface area (Å²) in [5.41, 5.74) is 0. The van der Waals surface area contributed by atoms with Gasteiger partial charge in [-0.15, -0.1) is 0 Å². The zero-order valence-electron chi connectivity index (χ0n) is 10.1.